The van der Waals surface area contributed by atoms with Crippen LogP contribution in [-0.2, 0) is 0 Å². The minimum absolute atomic E-state index is 0.234. The van der Waals surface area contributed by atoms with Crippen molar-refractivity contribution in [2.75, 3.05) is 30.9 Å². The topological polar surface area (TPSA) is 53.9 Å². The molecule has 1 heterocycles. The van der Waals surface area contributed by atoms with Crippen LogP contribution in [0.1, 0.15) is 25.7 Å². The monoisotopic (exact) mass is 255 g/mol. The van der Waals surface area contributed by atoms with Gasteiger partial charge in [0.05, 0.1) is 0 Å². The largest absolute Gasteiger partial charge is 0.354 e. The van der Waals surface area contributed by atoms with Gasteiger partial charge in [0.15, 0.2) is 0 Å². The highest BCUT2D eigenvalue weighted by atomic mass is 35.5. The maximum atomic E-state index is 5.86. The summed E-state index contributed by atoms with van der Waals surface area (Å²) in [6.07, 6.45) is 5.28. The zero-order valence-electron chi connectivity index (χ0n) is 10.3. The SMILES string of the molecule is CN(C)c1nc(Cl)nc(NCC2CCCC2)n1. The first-order valence-electron chi connectivity index (χ1n) is 5.98. The number of aromatic nitrogens is 3. The van der Waals surface area contributed by atoms with Gasteiger partial charge in [-0.3, -0.25) is 0 Å². The molecule has 6 heteroatoms. The molecule has 5 nitrogen and oxygen atoms in total. The van der Waals surface area contributed by atoms with E-state index in [-0.39, 0.29) is 5.28 Å². The molecule has 1 aromatic rings. The molecule has 0 aromatic carbocycles. The summed E-state index contributed by atoms with van der Waals surface area (Å²) in [7, 11) is 3.76. The molecule has 0 radical (unpaired) electrons. The Labute approximate surface area is 107 Å². The molecule has 1 aliphatic carbocycles. The second-order valence-electron chi connectivity index (χ2n) is 4.65. The summed E-state index contributed by atoms with van der Waals surface area (Å²) < 4.78 is 0. The summed E-state index contributed by atoms with van der Waals surface area (Å²) in [5.41, 5.74) is 0. The molecule has 0 atom stereocenters. The van der Waals surface area contributed by atoms with Gasteiger partial charge < -0.3 is 10.2 Å². The van der Waals surface area contributed by atoms with Crippen LogP contribution in [-0.4, -0.2) is 35.6 Å². The molecule has 1 N–H and O–H groups in total. The van der Waals surface area contributed by atoms with Crippen LogP contribution in [0.2, 0.25) is 5.28 Å². The second-order valence-corrected chi connectivity index (χ2v) is 4.99. The van der Waals surface area contributed by atoms with E-state index in [1.54, 1.807) is 0 Å². The lowest BCUT2D eigenvalue weighted by atomic mass is 10.1. The fourth-order valence-electron chi connectivity index (χ4n) is 2.07. The number of nitrogens with one attached hydrogen (secondary N) is 1. The van der Waals surface area contributed by atoms with Gasteiger partial charge in [-0.25, -0.2) is 0 Å². The molecule has 0 aliphatic heterocycles. The van der Waals surface area contributed by atoms with E-state index < -0.39 is 0 Å². The van der Waals surface area contributed by atoms with Crippen molar-refractivity contribution < 1.29 is 0 Å². The zero-order valence-corrected chi connectivity index (χ0v) is 11.0. The van der Waals surface area contributed by atoms with Gasteiger partial charge in [-0.05, 0) is 30.4 Å². The van der Waals surface area contributed by atoms with E-state index in [4.69, 9.17) is 11.6 Å². The van der Waals surface area contributed by atoms with Crippen molar-refractivity contribution in [3.63, 3.8) is 0 Å². The van der Waals surface area contributed by atoms with Crippen LogP contribution in [0.5, 0.6) is 0 Å². The maximum Gasteiger partial charge on any atom is 0.230 e. The van der Waals surface area contributed by atoms with Crippen LogP contribution >= 0.6 is 11.6 Å². The third-order valence-electron chi connectivity index (χ3n) is 3.02. The predicted octanol–water partition coefficient (Wildman–Crippen LogP) is 2.19. The molecule has 0 amide bonds. The number of nitrogens with zero attached hydrogens (tertiary/aromatic N) is 4. The molecule has 1 saturated carbocycles. The first kappa shape index (κ1) is 12.4. The first-order chi connectivity index (χ1) is 8.15. The molecule has 0 saturated heterocycles. The second kappa shape index (κ2) is 5.49. The molecule has 1 aliphatic rings. The van der Waals surface area contributed by atoms with Gasteiger partial charge in [0.25, 0.3) is 0 Å². The molecule has 1 fully saturated rings. The van der Waals surface area contributed by atoms with Crippen LogP contribution in [0.3, 0.4) is 0 Å². The van der Waals surface area contributed by atoms with Crippen molar-refractivity contribution in [2.24, 2.45) is 5.92 Å². The first-order valence-corrected chi connectivity index (χ1v) is 6.35. The fraction of sp³-hybridized carbons (Fsp3) is 0.727. The Kier molecular flexibility index (Phi) is 3.99. The van der Waals surface area contributed by atoms with Crippen molar-refractivity contribution in [1.29, 1.82) is 0 Å². The summed E-state index contributed by atoms with van der Waals surface area (Å²) in [5.74, 6) is 1.90. The molecule has 2 rings (SSSR count). The lowest BCUT2D eigenvalue weighted by Gasteiger charge is -2.13. The zero-order chi connectivity index (χ0) is 12.3. The number of halogens is 1. The smallest absolute Gasteiger partial charge is 0.230 e. The molecule has 17 heavy (non-hydrogen) atoms. The highest BCUT2D eigenvalue weighted by Crippen LogP contribution is 2.24. The standard InChI is InChI=1S/C11H18ClN5/c1-17(2)11-15-9(12)14-10(16-11)13-7-8-5-3-4-6-8/h8H,3-7H2,1-2H3,(H,13,14,15,16). The summed E-state index contributed by atoms with van der Waals surface area (Å²) in [4.78, 5) is 14.2. The number of anilines is 2. The van der Waals surface area contributed by atoms with E-state index >= 15 is 0 Å². The molecule has 0 bridgehead atoms. The number of rotatable bonds is 4. The van der Waals surface area contributed by atoms with E-state index in [0.717, 1.165) is 12.5 Å². The number of hydrogen-bond acceptors (Lipinski definition) is 5. The van der Waals surface area contributed by atoms with Gasteiger partial charge >= 0.3 is 0 Å². The highest BCUT2D eigenvalue weighted by Gasteiger charge is 2.15. The predicted molar refractivity (Wildman–Crippen MR) is 69.6 cm³/mol. The molecular weight excluding hydrogens is 238 g/mol. The third-order valence-corrected chi connectivity index (χ3v) is 3.19. The van der Waals surface area contributed by atoms with Crippen molar-refractivity contribution >= 4 is 23.5 Å². The van der Waals surface area contributed by atoms with E-state index in [9.17, 15) is 0 Å². The van der Waals surface area contributed by atoms with Crippen molar-refractivity contribution in [2.45, 2.75) is 25.7 Å². The average Bonchev–Trinajstić information content (AvgIpc) is 2.78. The van der Waals surface area contributed by atoms with E-state index in [0.29, 0.717) is 11.9 Å². The quantitative estimate of drug-likeness (QED) is 0.894. The van der Waals surface area contributed by atoms with Gasteiger partial charge in [-0.2, -0.15) is 15.0 Å². The van der Waals surface area contributed by atoms with Crippen LogP contribution in [0.15, 0.2) is 0 Å². The molecule has 94 valence electrons. The van der Waals surface area contributed by atoms with Crippen LogP contribution in [0.25, 0.3) is 0 Å². The lowest BCUT2D eigenvalue weighted by Crippen LogP contribution is -2.17. The Balaban J connectivity index is 1.99. The van der Waals surface area contributed by atoms with Crippen molar-refractivity contribution in [1.82, 2.24) is 15.0 Å². The minimum atomic E-state index is 0.234. The van der Waals surface area contributed by atoms with E-state index in [1.165, 1.54) is 25.7 Å². The van der Waals surface area contributed by atoms with Crippen LogP contribution in [0, 0.1) is 5.92 Å². The minimum Gasteiger partial charge on any atom is -0.354 e. The molecular formula is C11H18ClN5. The van der Waals surface area contributed by atoms with E-state index in [1.807, 2.05) is 19.0 Å². The summed E-state index contributed by atoms with van der Waals surface area (Å²) in [6.45, 7) is 0.924. The van der Waals surface area contributed by atoms with Gasteiger partial charge in [0.1, 0.15) is 0 Å². The fourth-order valence-corrected chi connectivity index (χ4v) is 2.22. The van der Waals surface area contributed by atoms with Crippen LogP contribution < -0.4 is 10.2 Å². The molecule has 0 spiro atoms. The Morgan fingerprint density at radius 3 is 2.59 bits per heavy atom. The third kappa shape index (κ3) is 3.43. The number of hydrogen-bond donors (Lipinski definition) is 1. The van der Waals surface area contributed by atoms with Crippen molar-refractivity contribution in [3.8, 4) is 0 Å². The maximum absolute atomic E-state index is 5.86. The summed E-state index contributed by atoms with van der Waals surface area (Å²) in [6, 6.07) is 0. The van der Waals surface area contributed by atoms with Crippen LogP contribution in [0.4, 0.5) is 11.9 Å². The Morgan fingerprint density at radius 1 is 1.24 bits per heavy atom. The Bertz CT molecular complexity index is 376. The summed E-state index contributed by atoms with van der Waals surface area (Å²) in [5, 5.41) is 3.48. The Morgan fingerprint density at radius 2 is 1.94 bits per heavy atom. The van der Waals surface area contributed by atoms with Crippen molar-refractivity contribution in [3.05, 3.63) is 5.28 Å². The highest BCUT2D eigenvalue weighted by molar-refractivity contribution is 6.28. The lowest BCUT2D eigenvalue weighted by molar-refractivity contribution is 0.577. The molecule has 1 aromatic heterocycles. The summed E-state index contributed by atoms with van der Waals surface area (Å²) >= 11 is 5.86. The molecule has 0 unspecified atom stereocenters. The normalized spacial score (nSPS) is 16.2. The van der Waals surface area contributed by atoms with Gasteiger partial charge in [-0.15, -0.1) is 0 Å². The van der Waals surface area contributed by atoms with Gasteiger partial charge in [0.2, 0.25) is 17.2 Å². The van der Waals surface area contributed by atoms with E-state index in [2.05, 4.69) is 20.3 Å². The Hall–Kier alpha value is -1.10. The average molecular weight is 256 g/mol. The van der Waals surface area contributed by atoms with Gasteiger partial charge in [0, 0.05) is 20.6 Å². The van der Waals surface area contributed by atoms with Gasteiger partial charge in [-0.1, -0.05) is 12.8 Å².